The van der Waals surface area contributed by atoms with E-state index in [2.05, 4.69) is 5.32 Å². The van der Waals surface area contributed by atoms with Crippen LogP contribution in [0.15, 0.2) is 54.6 Å². The molecule has 0 aromatic heterocycles. The summed E-state index contributed by atoms with van der Waals surface area (Å²) >= 11 is 0. The first-order valence-electron chi connectivity index (χ1n) is 10.2. The lowest BCUT2D eigenvalue weighted by atomic mass is 9.68. The van der Waals surface area contributed by atoms with E-state index >= 15 is 0 Å². The molecule has 2 aromatic rings. The Morgan fingerprint density at radius 3 is 2.23 bits per heavy atom. The minimum atomic E-state index is -1.19. The molecule has 3 N–H and O–H groups in total. The normalized spacial score (nSPS) is 19.7. The highest BCUT2D eigenvalue weighted by Crippen LogP contribution is 2.39. The van der Waals surface area contributed by atoms with E-state index in [9.17, 15) is 24.6 Å². The zero-order valence-corrected chi connectivity index (χ0v) is 17.2. The quantitative estimate of drug-likeness (QED) is 0.564. The van der Waals surface area contributed by atoms with Gasteiger partial charge in [-0.15, -0.1) is 0 Å². The molecule has 31 heavy (non-hydrogen) atoms. The first kappa shape index (κ1) is 22.1. The maximum Gasteiger partial charge on any atom is 0.317 e. The molecule has 2 amide bonds. The summed E-state index contributed by atoms with van der Waals surface area (Å²) in [5, 5.41) is 21.4. The van der Waals surface area contributed by atoms with E-state index in [0.29, 0.717) is 18.7 Å². The number of carbonyl (C=O) groups excluding carboxylic acids is 1. The largest absolute Gasteiger partial charge is 0.481 e. The van der Waals surface area contributed by atoms with Crippen LogP contribution >= 0.6 is 0 Å². The van der Waals surface area contributed by atoms with Crippen LogP contribution in [0.2, 0.25) is 0 Å². The van der Waals surface area contributed by atoms with Gasteiger partial charge in [-0.2, -0.15) is 0 Å². The molecule has 0 heterocycles. The lowest BCUT2D eigenvalue weighted by Crippen LogP contribution is -2.61. The van der Waals surface area contributed by atoms with Gasteiger partial charge in [-0.25, -0.2) is 4.79 Å². The number of ether oxygens (including phenoxy) is 1. The van der Waals surface area contributed by atoms with E-state index in [1.54, 1.807) is 0 Å². The van der Waals surface area contributed by atoms with Gasteiger partial charge in [0.15, 0.2) is 0 Å². The SMILES string of the molecule is CCCN(C(=O)NCc1ccc(Oc2ccccc2)cc1)C1CC(C(=O)O)C1C(=O)O. The number of urea groups is 1. The number of nitrogens with zero attached hydrogens (tertiary/aromatic N) is 1. The minimum Gasteiger partial charge on any atom is -0.481 e. The lowest BCUT2D eigenvalue weighted by molar-refractivity contribution is -0.166. The summed E-state index contributed by atoms with van der Waals surface area (Å²) in [6, 6.07) is 15.7. The van der Waals surface area contributed by atoms with E-state index in [-0.39, 0.29) is 13.0 Å². The standard InChI is InChI=1S/C23H26N2O6/c1-2-12-25(19-13-18(21(26)27)20(19)22(28)29)23(30)24-14-15-8-10-17(11-9-15)31-16-6-4-3-5-7-16/h3-11,18-20H,2,12-14H2,1H3,(H,24,30)(H,26,27)(H,28,29). The second kappa shape index (κ2) is 9.97. The van der Waals surface area contributed by atoms with Gasteiger partial charge in [0, 0.05) is 19.1 Å². The van der Waals surface area contributed by atoms with Gasteiger partial charge in [-0.3, -0.25) is 9.59 Å². The van der Waals surface area contributed by atoms with Gasteiger partial charge in [0.1, 0.15) is 11.5 Å². The van der Waals surface area contributed by atoms with Crippen molar-refractivity contribution >= 4 is 18.0 Å². The van der Waals surface area contributed by atoms with E-state index in [4.69, 9.17) is 4.74 Å². The molecule has 0 radical (unpaired) electrons. The zero-order valence-electron chi connectivity index (χ0n) is 17.2. The number of hydrogen-bond donors (Lipinski definition) is 3. The number of hydrogen-bond acceptors (Lipinski definition) is 4. The summed E-state index contributed by atoms with van der Waals surface area (Å²) in [5.41, 5.74) is 0.858. The van der Waals surface area contributed by atoms with E-state index < -0.39 is 35.8 Å². The van der Waals surface area contributed by atoms with Crippen molar-refractivity contribution in [1.82, 2.24) is 10.2 Å². The van der Waals surface area contributed by atoms with Crippen LogP contribution in [0.4, 0.5) is 4.79 Å². The van der Waals surface area contributed by atoms with E-state index in [0.717, 1.165) is 11.3 Å². The van der Waals surface area contributed by atoms with Crippen LogP contribution in [0.25, 0.3) is 0 Å². The van der Waals surface area contributed by atoms with Crippen molar-refractivity contribution < 1.29 is 29.3 Å². The number of nitrogens with one attached hydrogen (secondary N) is 1. The Hall–Kier alpha value is -3.55. The highest BCUT2D eigenvalue weighted by Gasteiger charge is 2.53. The summed E-state index contributed by atoms with van der Waals surface area (Å²) in [4.78, 5) is 37.0. The predicted molar refractivity (Wildman–Crippen MR) is 113 cm³/mol. The highest BCUT2D eigenvalue weighted by atomic mass is 16.5. The van der Waals surface area contributed by atoms with Gasteiger partial charge >= 0.3 is 18.0 Å². The maximum atomic E-state index is 12.7. The van der Waals surface area contributed by atoms with Crippen molar-refractivity contribution in [1.29, 1.82) is 0 Å². The second-order valence-corrected chi connectivity index (χ2v) is 7.52. The van der Waals surface area contributed by atoms with Crippen molar-refractivity contribution in [3.63, 3.8) is 0 Å². The van der Waals surface area contributed by atoms with E-state index in [1.165, 1.54) is 4.90 Å². The van der Waals surface area contributed by atoms with Crippen LogP contribution in [-0.4, -0.2) is 45.7 Å². The molecule has 8 nitrogen and oxygen atoms in total. The maximum absolute atomic E-state index is 12.7. The van der Waals surface area contributed by atoms with E-state index in [1.807, 2.05) is 61.5 Å². The topological polar surface area (TPSA) is 116 Å². The fraction of sp³-hybridized carbons (Fsp3) is 0.348. The molecule has 0 aliphatic heterocycles. The Morgan fingerprint density at radius 1 is 1.00 bits per heavy atom. The molecule has 1 fully saturated rings. The number of aliphatic carboxylic acids is 2. The lowest BCUT2D eigenvalue weighted by Gasteiger charge is -2.45. The fourth-order valence-corrected chi connectivity index (χ4v) is 3.78. The molecule has 1 aliphatic carbocycles. The molecule has 3 rings (SSSR count). The molecule has 8 heteroatoms. The minimum absolute atomic E-state index is 0.144. The molecule has 0 bridgehead atoms. The van der Waals surface area contributed by atoms with Crippen molar-refractivity contribution in [2.24, 2.45) is 11.8 Å². The molecule has 3 atom stereocenters. The summed E-state index contributed by atoms with van der Waals surface area (Å²) in [5.74, 6) is -2.99. The number of amides is 2. The smallest absolute Gasteiger partial charge is 0.317 e. The Morgan fingerprint density at radius 2 is 1.65 bits per heavy atom. The first-order chi connectivity index (χ1) is 14.9. The molecular formula is C23H26N2O6. The van der Waals surface area contributed by atoms with Crippen LogP contribution in [0.1, 0.15) is 25.3 Å². The van der Waals surface area contributed by atoms with Crippen LogP contribution in [0.3, 0.4) is 0 Å². The second-order valence-electron chi connectivity index (χ2n) is 7.52. The Labute approximate surface area is 180 Å². The average Bonchev–Trinajstić information content (AvgIpc) is 2.72. The van der Waals surface area contributed by atoms with Gasteiger partial charge < -0.3 is 25.2 Å². The monoisotopic (exact) mass is 426 g/mol. The highest BCUT2D eigenvalue weighted by molar-refractivity contribution is 5.84. The average molecular weight is 426 g/mol. The Kier molecular flexibility index (Phi) is 7.12. The van der Waals surface area contributed by atoms with Crippen molar-refractivity contribution in [2.75, 3.05) is 6.54 Å². The molecular weight excluding hydrogens is 400 g/mol. The summed E-state index contributed by atoms with van der Waals surface area (Å²) in [7, 11) is 0. The van der Waals surface area contributed by atoms with Crippen LogP contribution in [0, 0.1) is 11.8 Å². The molecule has 0 spiro atoms. The van der Waals surface area contributed by atoms with Gasteiger partial charge in [0.2, 0.25) is 0 Å². The van der Waals surface area contributed by atoms with Gasteiger partial charge in [-0.05, 0) is 42.7 Å². The van der Waals surface area contributed by atoms with Crippen LogP contribution < -0.4 is 10.1 Å². The number of para-hydroxylation sites is 1. The number of rotatable bonds is 9. The number of carboxylic acids is 2. The Balaban J connectivity index is 1.59. The number of carboxylic acid groups (broad SMARTS) is 2. The molecule has 1 saturated carbocycles. The van der Waals surface area contributed by atoms with Crippen molar-refractivity contribution in [3.05, 3.63) is 60.2 Å². The van der Waals surface area contributed by atoms with Crippen LogP contribution in [-0.2, 0) is 16.1 Å². The first-order valence-corrected chi connectivity index (χ1v) is 10.2. The summed E-state index contributed by atoms with van der Waals surface area (Å²) in [6.45, 7) is 2.50. The molecule has 164 valence electrons. The number of benzene rings is 2. The molecule has 1 aliphatic rings. The summed E-state index contributed by atoms with van der Waals surface area (Å²) in [6.07, 6.45) is 0.783. The third-order valence-electron chi connectivity index (χ3n) is 5.42. The third kappa shape index (κ3) is 5.33. The van der Waals surface area contributed by atoms with Crippen molar-refractivity contribution in [2.45, 2.75) is 32.4 Å². The predicted octanol–water partition coefficient (Wildman–Crippen LogP) is 3.57. The zero-order chi connectivity index (χ0) is 22.4. The Bertz CT molecular complexity index is 915. The third-order valence-corrected chi connectivity index (χ3v) is 5.42. The number of carbonyl (C=O) groups is 3. The van der Waals surface area contributed by atoms with Crippen molar-refractivity contribution in [3.8, 4) is 11.5 Å². The summed E-state index contributed by atoms with van der Waals surface area (Å²) < 4.78 is 5.75. The van der Waals surface area contributed by atoms with Gasteiger partial charge in [0.05, 0.1) is 11.8 Å². The van der Waals surface area contributed by atoms with Gasteiger partial charge in [0.25, 0.3) is 0 Å². The molecule has 2 aromatic carbocycles. The fourth-order valence-electron chi connectivity index (χ4n) is 3.78. The van der Waals surface area contributed by atoms with Crippen LogP contribution in [0.5, 0.6) is 11.5 Å². The molecule has 0 saturated heterocycles. The van der Waals surface area contributed by atoms with Gasteiger partial charge in [-0.1, -0.05) is 37.3 Å². The molecule has 3 unspecified atom stereocenters.